The molecule has 0 fully saturated rings. The van der Waals surface area contributed by atoms with Gasteiger partial charge in [0.05, 0.1) is 11.9 Å². The van der Waals surface area contributed by atoms with Crippen LogP contribution in [0.25, 0.3) is 5.69 Å². The molecular formula is C26H26Cl2N4OS. The summed E-state index contributed by atoms with van der Waals surface area (Å²) in [7, 11) is 0. The van der Waals surface area contributed by atoms with E-state index in [1.165, 1.54) is 0 Å². The summed E-state index contributed by atoms with van der Waals surface area (Å²) in [6.07, 6.45) is 1.79. The molecular weight excluding hydrogens is 487 g/mol. The molecule has 0 aliphatic heterocycles. The molecule has 4 rings (SSSR count). The topological polar surface area (TPSA) is 63.0 Å². The van der Waals surface area contributed by atoms with Crippen LogP contribution >= 0.6 is 35.0 Å². The van der Waals surface area contributed by atoms with E-state index in [4.69, 9.17) is 28.3 Å². The Morgan fingerprint density at radius 3 is 2.00 bits per heavy atom. The molecule has 4 aromatic rings. The molecule has 176 valence electrons. The number of rotatable bonds is 10. The van der Waals surface area contributed by atoms with Crippen molar-refractivity contribution in [1.82, 2.24) is 14.8 Å². The summed E-state index contributed by atoms with van der Waals surface area (Å²) >= 11 is 14.0. The lowest BCUT2D eigenvalue weighted by Gasteiger charge is -2.19. The van der Waals surface area contributed by atoms with Crippen molar-refractivity contribution in [2.24, 2.45) is 0 Å². The van der Waals surface area contributed by atoms with Crippen LogP contribution in [0.15, 0.2) is 78.0 Å². The average Bonchev–Trinajstić information content (AvgIpc) is 3.25. The van der Waals surface area contributed by atoms with Crippen molar-refractivity contribution in [2.45, 2.75) is 30.2 Å². The fourth-order valence-electron chi connectivity index (χ4n) is 3.66. The lowest BCUT2D eigenvalue weighted by Crippen LogP contribution is -2.07. The average molecular weight is 513 g/mol. The Labute approximate surface area is 214 Å². The minimum absolute atomic E-state index is 0.0162. The standard InChI is InChI=1S/C26H26Cl2N4OS/c1-2-3-24-30-31-26(32(24)23-14-12-22(13-15-23)29-16-17-33)34-25(18-4-8-20(27)9-5-18)19-6-10-21(28)11-7-19/h4-15,25,29,33H,2-3,16-17H2,1H3. The predicted octanol–water partition coefficient (Wildman–Crippen LogP) is 6.81. The third kappa shape index (κ3) is 5.94. The molecule has 0 radical (unpaired) electrons. The molecule has 1 heterocycles. The Hall–Kier alpha value is -2.51. The Bertz CT molecular complexity index is 1150. The largest absolute Gasteiger partial charge is 0.395 e. The van der Waals surface area contributed by atoms with Crippen LogP contribution in [0.1, 0.15) is 35.5 Å². The third-order valence-corrected chi connectivity index (χ3v) is 7.07. The van der Waals surface area contributed by atoms with Gasteiger partial charge in [0.1, 0.15) is 5.82 Å². The molecule has 3 aromatic carbocycles. The molecule has 1 aromatic heterocycles. The first-order valence-corrected chi connectivity index (χ1v) is 12.8. The number of aliphatic hydroxyl groups is 1. The number of hydrogen-bond donors (Lipinski definition) is 2. The number of anilines is 1. The first kappa shape index (κ1) is 24.6. The van der Waals surface area contributed by atoms with E-state index in [2.05, 4.69) is 27.0 Å². The smallest absolute Gasteiger partial charge is 0.196 e. The number of nitrogens with zero attached hydrogens (tertiary/aromatic N) is 3. The van der Waals surface area contributed by atoms with E-state index in [0.29, 0.717) is 16.6 Å². The monoisotopic (exact) mass is 512 g/mol. The van der Waals surface area contributed by atoms with E-state index in [0.717, 1.165) is 46.3 Å². The maximum atomic E-state index is 9.07. The van der Waals surface area contributed by atoms with Gasteiger partial charge in [-0.3, -0.25) is 4.57 Å². The molecule has 0 saturated carbocycles. The third-order valence-electron chi connectivity index (χ3n) is 5.31. The van der Waals surface area contributed by atoms with E-state index in [1.54, 1.807) is 11.8 Å². The highest BCUT2D eigenvalue weighted by atomic mass is 35.5. The van der Waals surface area contributed by atoms with Gasteiger partial charge in [0.25, 0.3) is 0 Å². The van der Waals surface area contributed by atoms with Crippen molar-refractivity contribution in [1.29, 1.82) is 0 Å². The second-order valence-electron chi connectivity index (χ2n) is 7.78. The molecule has 8 heteroatoms. The Balaban J connectivity index is 1.73. The van der Waals surface area contributed by atoms with Gasteiger partial charge in [0.2, 0.25) is 0 Å². The number of aromatic nitrogens is 3. The fraction of sp³-hybridized carbons (Fsp3) is 0.231. The van der Waals surface area contributed by atoms with Crippen molar-refractivity contribution in [3.05, 3.63) is 99.8 Å². The zero-order valence-electron chi connectivity index (χ0n) is 18.8. The SMILES string of the molecule is CCCc1nnc(SC(c2ccc(Cl)cc2)c2ccc(Cl)cc2)n1-c1ccc(NCCO)cc1. The van der Waals surface area contributed by atoms with Gasteiger partial charge in [-0.2, -0.15) is 0 Å². The van der Waals surface area contributed by atoms with Gasteiger partial charge in [0.15, 0.2) is 5.16 Å². The summed E-state index contributed by atoms with van der Waals surface area (Å²) in [5.74, 6) is 0.923. The van der Waals surface area contributed by atoms with E-state index >= 15 is 0 Å². The Morgan fingerprint density at radius 2 is 1.47 bits per heavy atom. The molecule has 0 saturated heterocycles. The molecule has 0 unspecified atom stereocenters. The van der Waals surface area contributed by atoms with Crippen LogP contribution in [-0.2, 0) is 6.42 Å². The molecule has 0 spiro atoms. The van der Waals surface area contributed by atoms with Crippen LogP contribution in [0.2, 0.25) is 10.0 Å². The first-order valence-electron chi connectivity index (χ1n) is 11.2. The highest BCUT2D eigenvalue weighted by molar-refractivity contribution is 7.99. The number of hydrogen-bond acceptors (Lipinski definition) is 5. The maximum absolute atomic E-state index is 9.07. The van der Waals surface area contributed by atoms with Crippen LogP contribution in [0, 0.1) is 0 Å². The lowest BCUT2D eigenvalue weighted by molar-refractivity contribution is 0.311. The van der Waals surface area contributed by atoms with Gasteiger partial charge >= 0.3 is 0 Å². The molecule has 0 atom stereocenters. The number of halogens is 2. The van der Waals surface area contributed by atoms with Crippen molar-refractivity contribution in [3.8, 4) is 5.69 Å². The second-order valence-corrected chi connectivity index (χ2v) is 9.73. The molecule has 0 amide bonds. The Kier molecular flexibility index (Phi) is 8.51. The molecule has 5 nitrogen and oxygen atoms in total. The lowest BCUT2D eigenvalue weighted by atomic mass is 10.0. The summed E-state index contributed by atoms with van der Waals surface area (Å²) in [5.41, 5.74) is 4.19. The van der Waals surface area contributed by atoms with Gasteiger partial charge in [-0.15, -0.1) is 10.2 Å². The molecule has 0 aliphatic carbocycles. The summed E-state index contributed by atoms with van der Waals surface area (Å²) < 4.78 is 2.13. The van der Waals surface area contributed by atoms with Gasteiger partial charge in [-0.25, -0.2) is 0 Å². The number of nitrogens with one attached hydrogen (secondary N) is 1. The van der Waals surface area contributed by atoms with Crippen molar-refractivity contribution >= 4 is 40.7 Å². The summed E-state index contributed by atoms with van der Waals surface area (Å²) in [6, 6.07) is 23.9. The van der Waals surface area contributed by atoms with E-state index in [1.807, 2.05) is 72.8 Å². The van der Waals surface area contributed by atoms with Crippen molar-refractivity contribution in [2.75, 3.05) is 18.5 Å². The molecule has 34 heavy (non-hydrogen) atoms. The first-order chi connectivity index (χ1) is 16.6. The van der Waals surface area contributed by atoms with Crippen LogP contribution < -0.4 is 5.32 Å². The quantitative estimate of drug-likeness (QED) is 0.228. The van der Waals surface area contributed by atoms with E-state index in [9.17, 15) is 0 Å². The van der Waals surface area contributed by atoms with Gasteiger partial charge in [0, 0.05) is 34.4 Å². The minimum atomic E-state index is -0.0162. The minimum Gasteiger partial charge on any atom is -0.395 e. The molecule has 2 N–H and O–H groups in total. The van der Waals surface area contributed by atoms with E-state index < -0.39 is 0 Å². The van der Waals surface area contributed by atoms with Gasteiger partial charge in [-0.05, 0) is 66.1 Å². The summed E-state index contributed by atoms with van der Waals surface area (Å²) in [5, 5.41) is 23.6. The maximum Gasteiger partial charge on any atom is 0.196 e. The van der Waals surface area contributed by atoms with Crippen LogP contribution in [0.5, 0.6) is 0 Å². The van der Waals surface area contributed by atoms with Crippen LogP contribution in [0.4, 0.5) is 5.69 Å². The highest BCUT2D eigenvalue weighted by Gasteiger charge is 2.22. The van der Waals surface area contributed by atoms with Gasteiger partial charge in [-0.1, -0.05) is 66.2 Å². The second kappa shape index (κ2) is 11.8. The summed E-state index contributed by atoms with van der Waals surface area (Å²) in [4.78, 5) is 0. The predicted molar refractivity (Wildman–Crippen MR) is 142 cm³/mol. The highest BCUT2D eigenvalue weighted by Crippen LogP contribution is 2.41. The zero-order valence-corrected chi connectivity index (χ0v) is 21.1. The Morgan fingerprint density at radius 1 is 0.882 bits per heavy atom. The molecule has 0 bridgehead atoms. The van der Waals surface area contributed by atoms with Crippen molar-refractivity contribution in [3.63, 3.8) is 0 Å². The fourth-order valence-corrected chi connectivity index (χ4v) is 5.11. The van der Waals surface area contributed by atoms with Crippen molar-refractivity contribution < 1.29 is 5.11 Å². The van der Waals surface area contributed by atoms with E-state index in [-0.39, 0.29) is 11.9 Å². The number of thioether (sulfide) groups is 1. The zero-order chi connectivity index (χ0) is 23.9. The summed E-state index contributed by atoms with van der Waals surface area (Å²) in [6.45, 7) is 2.74. The number of aliphatic hydroxyl groups excluding tert-OH is 1. The number of benzene rings is 3. The molecule has 0 aliphatic rings. The van der Waals surface area contributed by atoms with Crippen LogP contribution in [0.3, 0.4) is 0 Å². The number of aryl methyl sites for hydroxylation is 1. The normalized spacial score (nSPS) is 11.2. The van der Waals surface area contributed by atoms with Crippen LogP contribution in [-0.4, -0.2) is 33.0 Å². The van der Waals surface area contributed by atoms with Gasteiger partial charge < -0.3 is 10.4 Å².